The number of hydrogen-bond acceptors (Lipinski definition) is 6. The average molecular weight is 480 g/mol. The Labute approximate surface area is 160 Å². The Bertz CT molecular complexity index is 774. The number of carbonyl (C=O) groups is 1. The van der Waals surface area contributed by atoms with Crippen LogP contribution < -0.4 is 10.1 Å². The molecule has 0 spiro atoms. The normalized spacial score (nSPS) is 18.2. The molecule has 2 rings (SSSR count). The number of hydrogen-bond donors (Lipinski definition) is 1. The summed E-state index contributed by atoms with van der Waals surface area (Å²) in [7, 11) is 0. The molecule has 0 saturated carbocycles. The van der Waals surface area contributed by atoms with E-state index >= 15 is 0 Å². The number of nitrogens with one attached hydrogen (secondary N) is 1. The van der Waals surface area contributed by atoms with Crippen molar-refractivity contribution in [3.05, 3.63) is 28.2 Å². The van der Waals surface area contributed by atoms with Crippen molar-refractivity contribution < 1.29 is 40.6 Å². The second-order valence-corrected chi connectivity index (χ2v) is 6.54. The Morgan fingerprint density at radius 2 is 2.00 bits per heavy atom. The van der Waals surface area contributed by atoms with Crippen molar-refractivity contribution in [2.24, 2.45) is 10.2 Å². The van der Waals surface area contributed by atoms with Crippen LogP contribution in [0.2, 0.25) is 0 Å². The zero-order valence-electron chi connectivity index (χ0n) is 12.8. The third kappa shape index (κ3) is 6.70. The topological polar surface area (TPSA) is 72.3 Å². The molecule has 0 aromatic heterocycles. The average Bonchev–Trinajstić information content (AvgIpc) is 2.93. The van der Waals surface area contributed by atoms with Gasteiger partial charge in [-0.25, -0.2) is 9.13 Å². The molecule has 148 valence electrons. The minimum absolute atomic E-state index is 0.110. The van der Waals surface area contributed by atoms with Crippen LogP contribution in [0.4, 0.5) is 26.3 Å². The summed E-state index contributed by atoms with van der Waals surface area (Å²) in [5.41, 5.74) is 0.347. The minimum Gasteiger partial charge on any atom is -0.427 e. The fourth-order valence-electron chi connectivity index (χ4n) is 1.59. The molecule has 1 aliphatic heterocycles. The van der Waals surface area contributed by atoms with E-state index in [1.807, 2.05) is 0 Å². The van der Waals surface area contributed by atoms with Crippen LogP contribution >= 0.6 is 27.7 Å². The maximum atomic E-state index is 13.4. The fraction of sp³-hybridized carbons (Fsp3) is 0.308. The molecule has 0 aliphatic carbocycles. The van der Waals surface area contributed by atoms with Crippen molar-refractivity contribution >= 4 is 45.0 Å². The molecule has 27 heavy (non-hydrogen) atoms. The zero-order chi connectivity index (χ0) is 20.2. The van der Waals surface area contributed by atoms with Gasteiger partial charge in [-0.05, 0) is 39.7 Å². The van der Waals surface area contributed by atoms with Crippen LogP contribution in [0.1, 0.15) is 5.56 Å². The Morgan fingerprint density at radius 3 is 2.56 bits per heavy atom. The predicted octanol–water partition coefficient (Wildman–Crippen LogP) is 3.81. The second kappa shape index (κ2) is 8.48. The van der Waals surface area contributed by atoms with E-state index in [1.54, 1.807) is 0 Å². The van der Waals surface area contributed by atoms with E-state index in [9.17, 15) is 31.1 Å². The highest BCUT2D eigenvalue weighted by Crippen LogP contribution is 2.35. The first-order valence-corrected chi connectivity index (χ1v) is 8.53. The van der Waals surface area contributed by atoms with E-state index in [1.165, 1.54) is 18.3 Å². The number of alkyl halides is 6. The highest BCUT2D eigenvalue weighted by molar-refractivity contribution is 9.10. The van der Waals surface area contributed by atoms with Gasteiger partial charge in [-0.15, -0.1) is 18.3 Å². The van der Waals surface area contributed by atoms with Gasteiger partial charge in [0.1, 0.15) is 5.75 Å². The molecule has 6 nitrogen and oxygen atoms in total. The monoisotopic (exact) mass is 479 g/mol. The molecule has 1 fully saturated rings. The standard InChI is InChI=1S/C13H8BrF6N3O3S/c14-7-3-6(4-21-23-11-22-9(24)5-27-11)1-2-8(7)25-12(16,17)10(15)26-13(18,19)20/h1-4,10H,5H2,(H,22,23,24). The van der Waals surface area contributed by atoms with Gasteiger partial charge in [0.15, 0.2) is 5.17 Å². The molecule has 1 saturated heterocycles. The molecule has 1 unspecified atom stereocenters. The molecule has 1 heterocycles. The van der Waals surface area contributed by atoms with Crippen LogP contribution in [0.15, 0.2) is 32.9 Å². The van der Waals surface area contributed by atoms with E-state index in [2.05, 4.69) is 40.9 Å². The molecule has 1 aromatic rings. The highest BCUT2D eigenvalue weighted by Gasteiger charge is 2.50. The number of carbonyl (C=O) groups excluding carboxylic acids is 1. The lowest BCUT2D eigenvalue weighted by Gasteiger charge is -2.22. The Kier molecular flexibility index (Phi) is 6.75. The summed E-state index contributed by atoms with van der Waals surface area (Å²) in [5.74, 6) is -0.636. The van der Waals surface area contributed by atoms with Crippen LogP contribution in [0.25, 0.3) is 0 Å². The first-order chi connectivity index (χ1) is 12.5. The summed E-state index contributed by atoms with van der Waals surface area (Å²) in [5, 5.41) is 10.1. The molecular weight excluding hydrogens is 472 g/mol. The number of amides is 1. The van der Waals surface area contributed by atoms with Gasteiger partial charge in [0, 0.05) is 0 Å². The molecular formula is C13H8BrF6N3O3S. The van der Waals surface area contributed by atoms with Gasteiger partial charge in [-0.1, -0.05) is 11.8 Å². The highest BCUT2D eigenvalue weighted by atomic mass is 79.9. The zero-order valence-corrected chi connectivity index (χ0v) is 15.2. The molecule has 1 aromatic carbocycles. The smallest absolute Gasteiger partial charge is 0.427 e. The lowest BCUT2D eigenvalue weighted by molar-refractivity contribution is -0.411. The lowest BCUT2D eigenvalue weighted by atomic mass is 10.2. The van der Waals surface area contributed by atoms with Gasteiger partial charge < -0.3 is 10.1 Å². The number of amidine groups is 1. The van der Waals surface area contributed by atoms with Gasteiger partial charge in [-0.3, -0.25) is 4.79 Å². The molecule has 1 atom stereocenters. The Morgan fingerprint density at radius 1 is 1.30 bits per heavy atom. The Hall–Kier alpha value is -1.80. The summed E-state index contributed by atoms with van der Waals surface area (Å²) in [6.45, 7) is 0. The van der Waals surface area contributed by atoms with Gasteiger partial charge >= 0.3 is 18.8 Å². The second-order valence-electron chi connectivity index (χ2n) is 4.72. The van der Waals surface area contributed by atoms with Crippen LogP contribution in [0, 0.1) is 0 Å². The van der Waals surface area contributed by atoms with Crippen molar-refractivity contribution in [1.82, 2.24) is 5.32 Å². The third-order valence-electron chi connectivity index (χ3n) is 2.64. The SMILES string of the molecule is O=C1CSC(=NN=Cc2ccc(OC(F)(F)C(F)OC(F)(F)F)c(Br)c2)N1. The fourth-order valence-corrected chi connectivity index (χ4v) is 2.69. The van der Waals surface area contributed by atoms with E-state index in [0.717, 1.165) is 17.8 Å². The number of benzene rings is 1. The summed E-state index contributed by atoms with van der Waals surface area (Å²) in [4.78, 5) is 11.0. The number of nitrogens with zero attached hydrogens (tertiary/aromatic N) is 2. The van der Waals surface area contributed by atoms with Crippen LogP contribution in [-0.4, -0.2) is 41.9 Å². The molecule has 1 amide bonds. The van der Waals surface area contributed by atoms with Crippen molar-refractivity contribution in [1.29, 1.82) is 0 Å². The van der Waals surface area contributed by atoms with Crippen molar-refractivity contribution in [3.8, 4) is 5.75 Å². The molecule has 14 heteroatoms. The first kappa shape index (κ1) is 21.5. The molecule has 1 N–H and O–H groups in total. The number of rotatable bonds is 6. The minimum atomic E-state index is -5.59. The summed E-state index contributed by atoms with van der Waals surface area (Å²) < 4.78 is 81.9. The van der Waals surface area contributed by atoms with Gasteiger partial charge in [0.2, 0.25) is 5.91 Å². The number of halogens is 7. The van der Waals surface area contributed by atoms with Crippen molar-refractivity contribution in [2.45, 2.75) is 18.8 Å². The summed E-state index contributed by atoms with van der Waals surface area (Å²) in [6, 6.07) is 3.41. The van der Waals surface area contributed by atoms with Gasteiger partial charge in [-0.2, -0.15) is 13.9 Å². The quantitative estimate of drug-likeness (QED) is 0.382. The molecule has 1 aliphatic rings. The van der Waals surface area contributed by atoms with Crippen molar-refractivity contribution in [3.63, 3.8) is 0 Å². The third-order valence-corrected chi connectivity index (χ3v) is 4.13. The number of ether oxygens (including phenoxy) is 2. The predicted molar refractivity (Wildman–Crippen MR) is 87.4 cm³/mol. The maximum Gasteiger partial charge on any atom is 0.525 e. The summed E-state index contributed by atoms with van der Waals surface area (Å²) in [6.07, 6.45) is -13.3. The summed E-state index contributed by atoms with van der Waals surface area (Å²) >= 11 is 4.01. The Balaban J connectivity index is 2.04. The van der Waals surface area contributed by atoms with Crippen LogP contribution in [-0.2, 0) is 9.53 Å². The largest absolute Gasteiger partial charge is 0.525 e. The lowest BCUT2D eigenvalue weighted by Crippen LogP contribution is -2.41. The van der Waals surface area contributed by atoms with Crippen LogP contribution in [0.3, 0.4) is 0 Å². The molecule has 0 radical (unpaired) electrons. The van der Waals surface area contributed by atoms with Crippen molar-refractivity contribution in [2.75, 3.05) is 5.75 Å². The van der Waals surface area contributed by atoms with Crippen LogP contribution in [0.5, 0.6) is 5.75 Å². The molecule has 0 bridgehead atoms. The van der Waals surface area contributed by atoms with Gasteiger partial charge in [0.05, 0.1) is 16.4 Å². The van der Waals surface area contributed by atoms with E-state index in [0.29, 0.717) is 5.56 Å². The first-order valence-electron chi connectivity index (χ1n) is 6.75. The van der Waals surface area contributed by atoms with E-state index in [4.69, 9.17) is 0 Å². The maximum absolute atomic E-state index is 13.4. The van der Waals surface area contributed by atoms with Gasteiger partial charge in [0.25, 0.3) is 0 Å². The van der Waals surface area contributed by atoms with E-state index < -0.39 is 24.6 Å². The van der Waals surface area contributed by atoms with E-state index in [-0.39, 0.29) is 21.3 Å². The number of thioether (sulfide) groups is 1.